The number of rotatable bonds is 4. The fraction of sp³-hybridized carbons (Fsp3) is 0.571. The summed E-state index contributed by atoms with van der Waals surface area (Å²) < 4.78 is 7.11. The van der Waals surface area contributed by atoms with Crippen LogP contribution in [0.2, 0.25) is 0 Å². The van der Waals surface area contributed by atoms with Gasteiger partial charge in [0.25, 0.3) is 0 Å². The molecule has 1 aliphatic heterocycles. The van der Waals surface area contributed by atoms with Gasteiger partial charge in [0, 0.05) is 17.1 Å². The van der Waals surface area contributed by atoms with Crippen LogP contribution in [-0.2, 0) is 11.2 Å². The first kappa shape index (κ1) is 13.1. The average molecular weight is 298 g/mol. The Hall–Kier alpha value is -0.380. The van der Waals surface area contributed by atoms with Crippen LogP contribution in [0.1, 0.15) is 25.3 Å². The Morgan fingerprint density at radius 3 is 2.82 bits per heavy atom. The second kappa shape index (κ2) is 5.51. The first-order chi connectivity index (χ1) is 8.15. The van der Waals surface area contributed by atoms with Crippen LogP contribution in [0, 0.1) is 0 Å². The number of likely N-dealkylation sites (N-methyl/N-ethyl adjacent to an activating group) is 1. The third kappa shape index (κ3) is 2.90. The Morgan fingerprint density at radius 2 is 2.24 bits per heavy atom. The molecule has 1 saturated heterocycles. The average Bonchev–Trinajstić information content (AvgIpc) is 2.76. The fourth-order valence-corrected chi connectivity index (χ4v) is 3.03. The van der Waals surface area contributed by atoms with Gasteiger partial charge in [-0.1, -0.05) is 34.1 Å². The molecule has 0 radical (unpaired) electrons. The van der Waals surface area contributed by atoms with Gasteiger partial charge in [-0.2, -0.15) is 0 Å². The first-order valence-electron chi connectivity index (χ1n) is 6.20. The summed E-state index contributed by atoms with van der Waals surface area (Å²) >= 11 is 3.61. The quantitative estimate of drug-likeness (QED) is 0.922. The highest BCUT2D eigenvalue weighted by Gasteiger charge is 2.37. The Labute approximate surface area is 112 Å². The number of benzene rings is 1. The molecular formula is C14H20BrNO. The summed E-state index contributed by atoms with van der Waals surface area (Å²) in [7, 11) is 2.02. The summed E-state index contributed by atoms with van der Waals surface area (Å²) in [5.41, 5.74) is 1.31. The molecule has 17 heavy (non-hydrogen) atoms. The zero-order valence-electron chi connectivity index (χ0n) is 10.5. The third-order valence-electron chi connectivity index (χ3n) is 3.72. The van der Waals surface area contributed by atoms with E-state index in [4.69, 9.17) is 4.74 Å². The van der Waals surface area contributed by atoms with Crippen LogP contribution >= 0.6 is 15.9 Å². The van der Waals surface area contributed by atoms with Crippen molar-refractivity contribution in [3.63, 3.8) is 0 Å². The van der Waals surface area contributed by atoms with Gasteiger partial charge < -0.3 is 10.1 Å². The predicted octanol–water partition coefficient (Wildman–Crippen LogP) is 3.15. The summed E-state index contributed by atoms with van der Waals surface area (Å²) in [6.45, 7) is 3.11. The Morgan fingerprint density at radius 1 is 1.47 bits per heavy atom. The smallest absolute Gasteiger partial charge is 0.0810 e. The first-order valence-corrected chi connectivity index (χ1v) is 6.99. The zero-order valence-corrected chi connectivity index (χ0v) is 12.1. The molecule has 1 aromatic carbocycles. The van der Waals surface area contributed by atoms with E-state index in [1.807, 2.05) is 7.05 Å². The van der Waals surface area contributed by atoms with E-state index < -0.39 is 0 Å². The van der Waals surface area contributed by atoms with Crippen molar-refractivity contribution in [1.82, 2.24) is 5.32 Å². The molecule has 2 unspecified atom stereocenters. The van der Waals surface area contributed by atoms with Gasteiger partial charge in [-0.25, -0.2) is 0 Å². The van der Waals surface area contributed by atoms with Gasteiger partial charge in [-0.15, -0.1) is 0 Å². The van der Waals surface area contributed by atoms with Gasteiger partial charge in [0.05, 0.1) is 5.60 Å². The molecule has 0 spiro atoms. The van der Waals surface area contributed by atoms with Crippen LogP contribution < -0.4 is 5.32 Å². The molecule has 0 bridgehead atoms. The topological polar surface area (TPSA) is 21.3 Å². The maximum absolute atomic E-state index is 5.93. The zero-order chi connectivity index (χ0) is 12.3. The monoisotopic (exact) mass is 297 g/mol. The molecule has 1 aromatic rings. The summed E-state index contributed by atoms with van der Waals surface area (Å²) in [6.07, 6.45) is 3.31. The number of halogens is 1. The van der Waals surface area contributed by atoms with Crippen LogP contribution in [0.5, 0.6) is 0 Å². The Balaban J connectivity index is 2.12. The number of hydrogen-bond donors (Lipinski definition) is 1. The molecule has 2 atom stereocenters. The van der Waals surface area contributed by atoms with Crippen molar-refractivity contribution in [1.29, 1.82) is 0 Å². The lowest BCUT2D eigenvalue weighted by Crippen LogP contribution is -2.48. The van der Waals surface area contributed by atoms with Gasteiger partial charge in [0.1, 0.15) is 0 Å². The van der Waals surface area contributed by atoms with E-state index >= 15 is 0 Å². The molecule has 1 fully saturated rings. The summed E-state index contributed by atoms with van der Waals surface area (Å²) in [6, 6.07) is 8.77. The van der Waals surface area contributed by atoms with Crippen molar-refractivity contribution in [2.45, 2.75) is 37.8 Å². The van der Waals surface area contributed by atoms with E-state index in [2.05, 4.69) is 52.4 Å². The third-order valence-corrected chi connectivity index (χ3v) is 4.49. The van der Waals surface area contributed by atoms with E-state index in [0.29, 0.717) is 6.04 Å². The van der Waals surface area contributed by atoms with E-state index in [9.17, 15) is 0 Å². The molecule has 0 saturated carbocycles. The molecule has 1 N–H and O–H groups in total. The minimum atomic E-state index is -0.0238. The highest BCUT2D eigenvalue weighted by molar-refractivity contribution is 9.10. The van der Waals surface area contributed by atoms with E-state index in [-0.39, 0.29) is 5.60 Å². The van der Waals surface area contributed by atoms with Crippen molar-refractivity contribution in [2.24, 2.45) is 0 Å². The molecule has 2 rings (SSSR count). The highest BCUT2D eigenvalue weighted by atomic mass is 79.9. The maximum atomic E-state index is 5.93. The molecule has 3 heteroatoms. The molecule has 0 amide bonds. The normalized spacial score (nSPS) is 26.1. The van der Waals surface area contributed by atoms with Crippen molar-refractivity contribution in [2.75, 3.05) is 13.7 Å². The van der Waals surface area contributed by atoms with Crippen LogP contribution in [0.15, 0.2) is 28.7 Å². The maximum Gasteiger partial charge on any atom is 0.0810 e. The van der Waals surface area contributed by atoms with Gasteiger partial charge in [0.15, 0.2) is 0 Å². The Kier molecular flexibility index (Phi) is 4.23. The fourth-order valence-electron chi connectivity index (χ4n) is 2.58. The van der Waals surface area contributed by atoms with Crippen LogP contribution in [0.25, 0.3) is 0 Å². The SMILES string of the molecule is CNC(Cc1ccccc1Br)C1(C)CCCO1. The standard InChI is InChI=1S/C14H20BrNO/c1-14(8-5-9-17-14)13(16-2)10-11-6-3-4-7-12(11)15/h3-4,6-7,13,16H,5,8-10H2,1-2H3. The molecule has 94 valence electrons. The predicted molar refractivity (Wildman–Crippen MR) is 74.3 cm³/mol. The van der Waals surface area contributed by atoms with Crippen LogP contribution in [0.3, 0.4) is 0 Å². The summed E-state index contributed by atoms with van der Waals surface area (Å²) in [5.74, 6) is 0. The minimum absolute atomic E-state index is 0.0238. The van der Waals surface area contributed by atoms with Gasteiger partial charge in [-0.3, -0.25) is 0 Å². The molecule has 2 nitrogen and oxygen atoms in total. The number of hydrogen-bond acceptors (Lipinski definition) is 2. The minimum Gasteiger partial charge on any atom is -0.374 e. The second-order valence-electron chi connectivity index (χ2n) is 4.90. The summed E-state index contributed by atoms with van der Waals surface area (Å²) in [4.78, 5) is 0. The lowest BCUT2D eigenvalue weighted by Gasteiger charge is -2.33. The van der Waals surface area contributed by atoms with Crippen molar-refractivity contribution < 1.29 is 4.74 Å². The Bertz CT molecular complexity index is 374. The number of ether oxygens (including phenoxy) is 1. The molecular weight excluding hydrogens is 278 g/mol. The molecule has 0 aromatic heterocycles. The van der Waals surface area contributed by atoms with E-state index in [0.717, 1.165) is 19.4 Å². The van der Waals surface area contributed by atoms with Gasteiger partial charge >= 0.3 is 0 Å². The highest BCUT2D eigenvalue weighted by Crippen LogP contribution is 2.31. The molecule has 1 heterocycles. The summed E-state index contributed by atoms with van der Waals surface area (Å²) in [5, 5.41) is 3.41. The molecule has 0 aliphatic carbocycles. The largest absolute Gasteiger partial charge is 0.374 e. The van der Waals surface area contributed by atoms with Crippen molar-refractivity contribution in [3.05, 3.63) is 34.3 Å². The van der Waals surface area contributed by atoms with Crippen LogP contribution in [0.4, 0.5) is 0 Å². The number of nitrogens with one attached hydrogen (secondary N) is 1. The van der Waals surface area contributed by atoms with E-state index in [1.165, 1.54) is 16.5 Å². The van der Waals surface area contributed by atoms with Crippen LogP contribution in [-0.4, -0.2) is 25.3 Å². The lowest BCUT2D eigenvalue weighted by molar-refractivity contribution is -0.00947. The van der Waals surface area contributed by atoms with Gasteiger partial charge in [-0.05, 0) is 44.9 Å². The van der Waals surface area contributed by atoms with Gasteiger partial charge in [0.2, 0.25) is 0 Å². The van der Waals surface area contributed by atoms with Crippen molar-refractivity contribution in [3.8, 4) is 0 Å². The lowest BCUT2D eigenvalue weighted by atomic mass is 9.88. The molecule has 1 aliphatic rings. The van der Waals surface area contributed by atoms with Crippen molar-refractivity contribution >= 4 is 15.9 Å². The second-order valence-corrected chi connectivity index (χ2v) is 5.76. The van der Waals surface area contributed by atoms with E-state index in [1.54, 1.807) is 0 Å².